The molecule has 0 aromatic carbocycles. The molecule has 6 aromatic heterocycles. The van der Waals surface area contributed by atoms with Crippen LogP contribution in [0.4, 0.5) is 5.69 Å². The minimum Gasteiger partial charge on any atom is -0.336 e. The standard InChI is InChI=1S/C26H20N8OS/c35-26(14-2-1-3-14)30-17-8-16(10-27-11-17)20-9-18-21(12-29-20)33-34-23(18)25-31-19-4-6-28-22(24(19)32-25)15-5-7-36-13-15/h4-14H,1-3H2,(H,30,35)(H,31,32)(H,33,34). The van der Waals surface area contributed by atoms with Crippen molar-refractivity contribution in [2.45, 2.75) is 19.3 Å². The Morgan fingerprint density at radius 3 is 2.81 bits per heavy atom. The van der Waals surface area contributed by atoms with Gasteiger partial charge in [-0.15, -0.1) is 0 Å². The summed E-state index contributed by atoms with van der Waals surface area (Å²) in [5.74, 6) is 0.815. The Labute approximate surface area is 209 Å². The quantitative estimate of drug-likeness (QED) is 0.295. The van der Waals surface area contributed by atoms with Crippen LogP contribution in [0.25, 0.3) is 56.0 Å². The molecule has 1 amide bonds. The molecule has 6 aromatic rings. The van der Waals surface area contributed by atoms with Crippen molar-refractivity contribution in [2.24, 2.45) is 5.92 Å². The van der Waals surface area contributed by atoms with Crippen molar-refractivity contribution in [3.8, 4) is 34.0 Å². The van der Waals surface area contributed by atoms with Gasteiger partial charge in [0.15, 0.2) is 5.82 Å². The van der Waals surface area contributed by atoms with Gasteiger partial charge in [-0.25, -0.2) is 4.98 Å². The van der Waals surface area contributed by atoms with Gasteiger partial charge in [0.05, 0.1) is 40.5 Å². The van der Waals surface area contributed by atoms with E-state index in [0.717, 1.165) is 63.7 Å². The average Bonchev–Trinajstić information content (AvgIpc) is 3.61. The number of aromatic amines is 2. The lowest BCUT2D eigenvalue weighted by molar-refractivity contribution is -0.122. The van der Waals surface area contributed by atoms with Crippen molar-refractivity contribution in [1.82, 2.24) is 35.1 Å². The van der Waals surface area contributed by atoms with Gasteiger partial charge in [-0.2, -0.15) is 16.4 Å². The minimum absolute atomic E-state index is 0.0573. The van der Waals surface area contributed by atoms with E-state index in [0.29, 0.717) is 17.2 Å². The molecule has 0 bridgehead atoms. The highest BCUT2D eigenvalue weighted by Gasteiger charge is 2.25. The van der Waals surface area contributed by atoms with Crippen LogP contribution in [-0.4, -0.2) is 41.0 Å². The monoisotopic (exact) mass is 492 g/mol. The highest BCUT2D eigenvalue weighted by molar-refractivity contribution is 7.08. The Morgan fingerprint density at radius 2 is 1.97 bits per heavy atom. The molecule has 0 aliphatic heterocycles. The number of carbonyl (C=O) groups excluding carboxylic acids is 1. The zero-order valence-electron chi connectivity index (χ0n) is 19.0. The fourth-order valence-electron chi connectivity index (χ4n) is 4.48. The molecule has 36 heavy (non-hydrogen) atoms. The Bertz CT molecular complexity index is 1730. The molecule has 0 unspecified atom stereocenters. The molecule has 176 valence electrons. The van der Waals surface area contributed by atoms with Crippen molar-refractivity contribution < 1.29 is 4.79 Å². The number of pyridine rings is 3. The molecule has 1 fully saturated rings. The fraction of sp³-hybridized carbons (Fsp3) is 0.154. The Balaban J connectivity index is 1.26. The largest absolute Gasteiger partial charge is 0.336 e. The zero-order chi connectivity index (χ0) is 24.1. The van der Waals surface area contributed by atoms with Crippen LogP contribution in [-0.2, 0) is 4.79 Å². The Morgan fingerprint density at radius 1 is 1.03 bits per heavy atom. The zero-order valence-corrected chi connectivity index (χ0v) is 19.8. The van der Waals surface area contributed by atoms with E-state index >= 15 is 0 Å². The molecule has 1 aliphatic rings. The van der Waals surface area contributed by atoms with Gasteiger partial charge >= 0.3 is 0 Å². The number of imidazole rings is 1. The Kier molecular flexibility index (Phi) is 4.84. The van der Waals surface area contributed by atoms with Gasteiger partial charge in [-0.1, -0.05) is 6.42 Å². The maximum absolute atomic E-state index is 12.4. The van der Waals surface area contributed by atoms with Crippen molar-refractivity contribution in [3.05, 3.63) is 59.8 Å². The molecule has 9 nitrogen and oxygen atoms in total. The van der Waals surface area contributed by atoms with Gasteiger partial charge in [0.1, 0.15) is 11.2 Å². The number of amides is 1. The van der Waals surface area contributed by atoms with E-state index in [4.69, 9.17) is 4.98 Å². The van der Waals surface area contributed by atoms with Crippen LogP contribution < -0.4 is 5.32 Å². The van der Waals surface area contributed by atoms with Crippen LogP contribution in [0.2, 0.25) is 0 Å². The summed E-state index contributed by atoms with van der Waals surface area (Å²) in [5.41, 5.74) is 7.28. The average molecular weight is 493 g/mol. The third-order valence-corrected chi connectivity index (χ3v) is 7.33. The van der Waals surface area contributed by atoms with Crippen LogP contribution in [0.15, 0.2) is 59.8 Å². The van der Waals surface area contributed by atoms with Crippen molar-refractivity contribution in [1.29, 1.82) is 0 Å². The van der Waals surface area contributed by atoms with Crippen molar-refractivity contribution in [3.63, 3.8) is 0 Å². The molecule has 1 aliphatic carbocycles. The van der Waals surface area contributed by atoms with E-state index < -0.39 is 0 Å². The first-order valence-electron chi connectivity index (χ1n) is 11.7. The number of carbonyl (C=O) groups is 1. The van der Waals surface area contributed by atoms with Crippen LogP contribution in [0.1, 0.15) is 19.3 Å². The second-order valence-corrected chi connectivity index (χ2v) is 9.70. The second-order valence-electron chi connectivity index (χ2n) is 8.92. The molecule has 1 saturated carbocycles. The lowest BCUT2D eigenvalue weighted by Crippen LogP contribution is -2.28. The van der Waals surface area contributed by atoms with Crippen molar-refractivity contribution >= 4 is 44.9 Å². The molecule has 0 atom stereocenters. The molecule has 6 heterocycles. The number of hydrogen-bond donors (Lipinski definition) is 3. The van der Waals surface area contributed by atoms with Gasteiger partial charge in [0.25, 0.3) is 0 Å². The van der Waals surface area contributed by atoms with Gasteiger partial charge in [-0.3, -0.25) is 24.8 Å². The van der Waals surface area contributed by atoms with Gasteiger partial charge in [-0.05, 0) is 42.5 Å². The van der Waals surface area contributed by atoms with Crippen LogP contribution in [0, 0.1) is 5.92 Å². The molecule has 0 radical (unpaired) electrons. The summed E-state index contributed by atoms with van der Waals surface area (Å²) in [6, 6.07) is 7.82. The van der Waals surface area contributed by atoms with Crippen LogP contribution >= 0.6 is 11.3 Å². The van der Waals surface area contributed by atoms with Crippen LogP contribution in [0.5, 0.6) is 0 Å². The van der Waals surface area contributed by atoms with E-state index in [2.05, 4.69) is 40.8 Å². The van der Waals surface area contributed by atoms with E-state index in [1.165, 1.54) is 0 Å². The summed E-state index contributed by atoms with van der Waals surface area (Å²) in [5, 5.41) is 15.5. The number of nitrogens with zero attached hydrogens (tertiary/aromatic N) is 5. The third kappa shape index (κ3) is 3.54. The maximum Gasteiger partial charge on any atom is 0.227 e. The third-order valence-electron chi connectivity index (χ3n) is 6.64. The predicted molar refractivity (Wildman–Crippen MR) is 139 cm³/mol. The summed E-state index contributed by atoms with van der Waals surface area (Å²) >= 11 is 1.63. The van der Waals surface area contributed by atoms with E-state index in [-0.39, 0.29) is 11.8 Å². The second kappa shape index (κ2) is 8.35. The highest BCUT2D eigenvalue weighted by atomic mass is 32.1. The number of nitrogens with one attached hydrogen (secondary N) is 3. The van der Waals surface area contributed by atoms with Gasteiger partial charge in [0, 0.05) is 40.2 Å². The summed E-state index contributed by atoms with van der Waals surface area (Å²) in [7, 11) is 0. The fourth-order valence-corrected chi connectivity index (χ4v) is 5.12. The molecule has 0 saturated heterocycles. The van der Waals surface area contributed by atoms with E-state index in [9.17, 15) is 4.79 Å². The molecular weight excluding hydrogens is 472 g/mol. The summed E-state index contributed by atoms with van der Waals surface area (Å²) in [4.78, 5) is 34.1. The molecule has 0 spiro atoms. The first-order valence-corrected chi connectivity index (χ1v) is 12.7. The SMILES string of the molecule is O=C(Nc1cncc(-c2cc3c(-c4nc5c(-c6ccsc6)nccc5[nH]4)n[nH]c3cn2)c1)C1CCC1. The predicted octanol–water partition coefficient (Wildman–Crippen LogP) is 5.43. The minimum atomic E-state index is 0.0573. The number of hydrogen-bond acceptors (Lipinski definition) is 7. The first kappa shape index (κ1) is 20.9. The molecular formula is C26H20N8OS. The normalized spacial score (nSPS) is 13.8. The summed E-state index contributed by atoms with van der Waals surface area (Å²) in [6.07, 6.45) is 9.96. The lowest BCUT2D eigenvalue weighted by Gasteiger charge is -2.24. The number of thiophene rings is 1. The van der Waals surface area contributed by atoms with Gasteiger partial charge < -0.3 is 10.3 Å². The number of anilines is 1. The smallest absolute Gasteiger partial charge is 0.227 e. The first-order chi connectivity index (χ1) is 17.7. The molecule has 10 heteroatoms. The summed E-state index contributed by atoms with van der Waals surface area (Å²) in [6.45, 7) is 0. The number of aromatic nitrogens is 7. The number of H-pyrrole nitrogens is 2. The van der Waals surface area contributed by atoms with Crippen LogP contribution in [0.3, 0.4) is 0 Å². The lowest BCUT2D eigenvalue weighted by atomic mass is 9.85. The number of fused-ring (bicyclic) bond motifs is 2. The highest BCUT2D eigenvalue weighted by Crippen LogP contribution is 2.33. The Hall–Kier alpha value is -4.44. The van der Waals surface area contributed by atoms with Gasteiger partial charge in [0.2, 0.25) is 5.91 Å². The molecule has 7 rings (SSSR count). The maximum atomic E-state index is 12.4. The van der Waals surface area contributed by atoms with Crippen molar-refractivity contribution in [2.75, 3.05) is 5.32 Å². The van der Waals surface area contributed by atoms with E-state index in [1.807, 2.05) is 29.6 Å². The number of rotatable bonds is 5. The summed E-state index contributed by atoms with van der Waals surface area (Å²) < 4.78 is 0. The topological polar surface area (TPSA) is 125 Å². The van der Waals surface area contributed by atoms with E-state index in [1.54, 1.807) is 36.1 Å². The molecule has 3 N–H and O–H groups in total.